The van der Waals surface area contributed by atoms with Gasteiger partial charge in [0.1, 0.15) is 5.75 Å². The summed E-state index contributed by atoms with van der Waals surface area (Å²) < 4.78 is 22.3. The van der Waals surface area contributed by atoms with Crippen LogP contribution in [0.4, 0.5) is 4.39 Å². The van der Waals surface area contributed by atoms with Crippen LogP contribution in [0.2, 0.25) is 5.02 Å². The summed E-state index contributed by atoms with van der Waals surface area (Å²) in [5.41, 5.74) is 2.98. The highest BCUT2D eigenvalue weighted by Crippen LogP contribution is 2.36. The normalized spacial score (nSPS) is 12.3. The molecule has 194 valence electrons. The zero-order chi connectivity index (χ0) is 27.4. The fourth-order valence-corrected chi connectivity index (χ4v) is 4.47. The van der Waals surface area contributed by atoms with Gasteiger partial charge in [-0.25, -0.2) is 9.18 Å². The molecule has 0 aliphatic rings. The Morgan fingerprint density at radius 1 is 1.08 bits per heavy atom. The molecule has 0 amide bonds. The third-order valence-corrected chi connectivity index (χ3v) is 6.45. The van der Waals surface area contributed by atoms with Crippen molar-refractivity contribution in [1.82, 2.24) is 4.57 Å². The van der Waals surface area contributed by atoms with E-state index < -0.39 is 17.7 Å². The lowest BCUT2D eigenvalue weighted by Crippen LogP contribution is -2.18. The minimum Gasteiger partial charge on any atom is -0.478 e. The second-order valence-electron chi connectivity index (χ2n) is 8.80. The molecule has 1 unspecified atom stereocenters. The van der Waals surface area contributed by atoms with Crippen LogP contribution in [0.5, 0.6) is 11.5 Å². The maximum atomic E-state index is 15.3. The number of aromatic nitrogens is 1. The predicted octanol–water partition coefficient (Wildman–Crippen LogP) is 6.38. The van der Waals surface area contributed by atoms with Crippen LogP contribution in [0.25, 0.3) is 0 Å². The lowest BCUT2D eigenvalue weighted by Gasteiger charge is -2.22. The van der Waals surface area contributed by atoms with Gasteiger partial charge in [0, 0.05) is 42.2 Å². The monoisotopic (exact) mass is 534 g/mol. The van der Waals surface area contributed by atoms with Crippen molar-refractivity contribution in [3.8, 4) is 11.5 Å². The number of ether oxygens (including phenoxy) is 1. The van der Waals surface area contributed by atoms with Crippen LogP contribution >= 0.6 is 11.6 Å². The highest BCUT2D eigenvalue weighted by molar-refractivity contribution is 6.30. The Morgan fingerprint density at radius 3 is 2.53 bits per heavy atom. The molecule has 0 aliphatic carbocycles. The largest absolute Gasteiger partial charge is 0.478 e. The number of oxime groups is 1. The average Bonchev–Trinajstić information content (AvgIpc) is 2.88. The van der Waals surface area contributed by atoms with E-state index in [1.807, 2.05) is 13.0 Å². The second kappa shape index (κ2) is 11.3. The molecule has 38 heavy (non-hydrogen) atoms. The molecule has 0 aliphatic heterocycles. The Kier molecular flexibility index (Phi) is 7.93. The molecule has 3 aromatic carbocycles. The first kappa shape index (κ1) is 26.6. The number of aryl methyl sites for hydroxylation is 2. The summed E-state index contributed by atoms with van der Waals surface area (Å²) in [7, 11) is 1.60. The van der Waals surface area contributed by atoms with Crippen molar-refractivity contribution < 1.29 is 24.2 Å². The Hall–Kier alpha value is -4.43. The summed E-state index contributed by atoms with van der Waals surface area (Å²) in [6.45, 7) is 1.89. The van der Waals surface area contributed by atoms with Crippen LogP contribution in [0.1, 0.15) is 45.0 Å². The van der Waals surface area contributed by atoms with Crippen molar-refractivity contribution >= 4 is 23.3 Å². The van der Waals surface area contributed by atoms with E-state index in [0.717, 1.165) is 11.1 Å². The van der Waals surface area contributed by atoms with Crippen molar-refractivity contribution in [2.75, 3.05) is 0 Å². The van der Waals surface area contributed by atoms with Crippen LogP contribution in [0.15, 0.2) is 88.9 Å². The van der Waals surface area contributed by atoms with Gasteiger partial charge in [-0.2, -0.15) is 0 Å². The van der Waals surface area contributed by atoms with Crippen LogP contribution in [-0.2, 0) is 7.05 Å². The maximum absolute atomic E-state index is 15.3. The second-order valence-corrected chi connectivity index (χ2v) is 9.23. The van der Waals surface area contributed by atoms with Gasteiger partial charge in [-0.1, -0.05) is 35.0 Å². The summed E-state index contributed by atoms with van der Waals surface area (Å²) in [4.78, 5) is 23.1. The number of hydrogen-bond acceptors (Lipinski definition) is 5. The maximum Gasteiger partial charge on any atom is 0.335 e. The SMILES string of the molecule is Cc1cc(Cl)ccc1C(C/C(=N/O)c1ccc(=O)n(C)c1)c1ccc(Oc2cccc(C(=O)O)c2)c(F)c1. The zero-order valence-corrected chi connectivity index (χ0v) is 21.3. The third kappa shape index (κ3) is 5.92. The smallest absolute Gasteiger partial charge is 0.335 e. The molecule has 9 heteroatoms. The Labute approximate surface area is 223 Å². The van der Waals surface area contributed by atoms with Gasteiger partial charge in [-0.3, -0.25) is 4.79 Å². The number of rotatable bonds is 8. The van der Waals surface area contributed by atoms with Gasteiger partial charge in [-0.05, 0) is 72.1 Å². The van der Waals surface area contributed by atoms with Gasteiger partial charge in [-0.15, -0.1) is 0 Å². The molecule has 0 fully saturated rings. The molecular formula is C29H24ClFN2O5. The minimum absolute atomic E-state index is 0.0204. The first-order valence-corrected chi connectivity index (χ1v) is 12.0. The number of aromatic carboxylic acids is 1. The number of hydrogen-bond donors (Lipinski definition) is 2. The van der Waals surface area contributed by atoms with E-state index in [1.165, 1.54) is 47.0 Å². The predicted molar refractivity (Wildman–Crippen MR) is 143 cm³/mol. The molecule has 2 N–H and O–H groups in total. The third-order valence-electron chi connectivity index (χ3n) is 6.21. The topological polar surface area (TPSA) is 101 Å². The average molecular weight is 535 g/mol. The molecule has 4 rings (SSSR count). The molecule has 4 aromatic rings. The van der Waals surface area contributed by atoms with Crippen molar-refractivity contribution in [2.24, 2.45) is 12.2 Å². The highest BCUT2D eigenvalue weighted by atomic mass is 35.5. The number of benzene rings is 3. The summed E-state index contributed by atoms with van der Waals surface area (Å²) in [6, 6.07) is 18.6. The van der Waals surface area contributed by atoms with E-state index in [4.69, 9.17) is 16.3 Å². The number of carboxylic acids is 1. The van der Waals surface area contributed by atoms with Crippen molar-refractivity contribution in [3.05, 3.63) is 128 Å². The fourth-order valence-electron chi connectivity index (χ4n) is 4.25. The molecule has 0 bridgehead atoms. The zero-order valence-electron chi connectivity index (χ0n) is 20.6. The Morgan fingerprint density at radius 2 is 1.87 bits per heavy atom. The molecule has 1 aromatic heterocycles. The molecular weight excluding hydrogens is 511 g/mol. The first-order chi connectivity index (χ1) is 18.2. The Bertz CT molecular complexity index is 1600. The van der Waals surface area contributed by atoms with Crippen LogP contribution < -0.4 is 10.3 Å². The van der Waals surface area contributed by atoms with E-state index in [9.17, 15) is 19.9 Å². The Balaban J connectivity index is 1.72. The summed E-state index contributed by atoms with van der Waals surface area (Å²) in [5, 5.41) is 23.1. The van der Waals surface area contributed by atoms with E-state index in [2.05, 4.69) is 5.16 Å². The standard InChI is InChI=1S/C29H24ClFN2O5/c1-17-12-21(30)8-9-23(17)24(15-26(32-37)20-7-11-28(34)33(2)16-20)18-6-10-27(25(31)14-18)38-22-5-3-4-19(13-22)29(35)36/h3-14,16,24,37H,15H2,1-2H3,(H,35,36)/b32-26-. The van der Waals surface area contributed by atoms with Gasteiger partial charge in [0.2, 0.25) is 5.56 Å². The van der Waals surface area contributed by atoms with Crippen LogP contribution in [0.3, 0.4) is 0 Å². The van der Waals surface area contributed by atoms with Gasteiger partial charge in [0.05, 0.1) is 11.3 Å². The quantitative estimate of drug-likeness (QED) is 0.155. The van der Waals surface area contributed by atoms with Crippen molar-refractivity contribution in [3.63, 3.8) is 0 Å². The molecule has 0 saturated heterocycles. The number of carbonyl (C=O) groups is 1. The lowest BCUT2D eigenvalue weighted by molar-refractivity contribution is 0.0696. The minimum atomic E-state index is -1.12. The van der Waals surface area contributed by atoms with E-state index in [-0.39, 0.29) is 29.0 Å². The van der Waals surface area contributed by atoms with E-state index in [1.54, 1.807) is 37.5 Å². The summed E-state index contributed by atoms with van der Waals surface area (Å²) >= 11 is 6.17. The number of pyridine rings is 1. The summed E-state index contributed by atoms with van der Waals surface area (Å²) in [6.07, 6.45) is 1.77. The van der Waals surface area contributed by atoms with Gasteiger partial charge in [0.15, 0.2) is 11.6 Å². The van der Waals surface area contributed by atoms with Gasteiger partial charge in [0.25, 0.3) is 0 Å². The highest BCUT2D eigenvalue weighted by Gasteiger charge is 2.22. The molecule has 0 saturated carbocycles. The molecule has 0 radical (unpaired) electrons. The number of nitrogens with zero attached hydrogens (tertiary/aromatic N) is 2. The van der Waals surface area contributed by atoms with E-state index >= 15 is 4.39 Å². The van der Waals surface area contributed by atoms with Gasteiger partial charge < -0.3 is 19.6 Å². The number of carboxylic acid groups (broad SMARTS) is 1. The van der Waals surface area contributed by atoms with E-state index in [0.29, 0.717) is 21.9 Å². The molecule has 0 spiro atoms. The first-order valence-electron chi connectivity index (χ1n) is 11.6. The lowest BCUT2D eigenvalue weighted by atomic mass is 9.83. The molecule has 1 heterocycles. The van der Waals surface area contributed by atoms with Crippen LogP contribution in [0, 0.1) is 12.7 Å². The summed E-state index contributed by atoms with van der Waals surface area (Å²) in [5.74, 6) is -2.09. The molecule has 7 nitrogen and oxygen atoms in total. The fraction of sp³-hybridized carbons (Fsp3) is 0.138. The van der Waals surface area contributed by atoms with Crippen molar-refractivity contribution in [1.29, 1.82) is 0 Å². The van der Waals surface area contributed by atoms with Gasteiger partial charge >= 0.3 is 5.97 Å². The number of halogens is 2. The van der Waals surface area contributed by atoms with Crippen LogP contribution in [-0.4, -0.2) is 26.6 Å². The molecule has 1 atom stereocenters. The van der Waals surface area contributed by atoms with Crippen molar-refractivity contribution in [2.45, 2.75) is 19.3 Å².